The molecule has 0 amide bonds. The van der Waals surface area contributed by atoms with Gasteiger partial charge in [-0.1, -0.05) is 23.7 Å². The van der Waals surface area contributed by atoms with Gasteiger partial charge in [-0.3, -0.25) is 9.40 Å². The predicted octanol–water partition coefficient (Wildman–Crippen LogP) is 4.38. The maximum absolute atomic E-state index is 12.7. The molecule has 0 bridgehead atoms. The molecule has 0 aliphatic rings. The minimum atomic E-state index is -5.08. The van der Waals surface area contributed by atoms with Crippen LogP contribution in [0.4, 0.5) is 24.7 Å². The predicted molar refractivity (Wildman–Crippen MR) is 141 cm³/mol. The average molecular weight is 606 g/mol. The Hall–Kier alpha value is -3.85. The third kappa shape index (κ3) is 8.08. The monoisotopic (exact) mass is 605 g/mol. The Morgan fingerprint density at radius 3 is 2.27 bits per heavy atom. The van der Waals surface area contributed by atoms with Crippen molar-refractivity contribution in [3.8, 4) is 0 Å². The van der Waals surface area contributed by atoms with Gasteiger partial charge in [0.2, 0.25) is 0 Å². The fourth-order valence-electron chi connectivity index (χ4n) is 3.64. The summed E-state index contributed by atoms with van der Waals surface area (Å²) >= 11 is 6.00. The third-order valence-electron chi connectivity index (χ3n) is 5.61. The summed E-state index contributed by atoms with van der Waals surface area (Å²) in [6, 6.07) is 7.24. The molecule has 3 aromatic rings. The van der Waals surface area contributed by atoms with E-state index in [0.29, 0.717) is 13.0 Å². The van der Waals surface area contributed by atoms with Crippen molar-refractivity contribution in [1.29, 1.82) is 0 Å². The number of carbonyl (C=O) groups is 2. The summed E-state index contributed by atoms with van der Waals surface area (Å²) in [5.41, 5.74) is 3.05. The Morgan fingerprint density at radius 1 is 1.18 bits per heavy atom. The minimum absolute atomic E-state index is 0.0281. The van der Waals surface area contributed by atoms with Crippen LogP contribution in [0.15, 0.2) is 41.4 Å². The maximum Gasteiger partial charge on any atom is 0.490 e. The second-order valence-electron chi connectivity index (χ2n) is 8.38. The Labute approximate surface area is 233 Å². The number of pyridine rings is 1. The fraction of sp³-hybridized carbons (Fsp3) is 0.333. The van der Waals surface area contributed by atoms with Crippen LogP contribution in [-0.4, -0.2) is 65.1 Å². The lowest BCUT2D eigenvalue weighted by Gasteiger charge is -2.21. The SMILES string of the molecule is CCn1nc(C)c(CCN(C)c2ncc(NS(=O)(=O)c3ccccc3Cl)cc2C(=O)O)c1C.O=C(O)C(F)(F)F. The summed E-state index contributed by atoms with van der Waals surface area (Å²) in [5, 5.41) is 21.4. The number of halogens is 4. The van der Waals surface area contributed by atoms with Crippen molar-refractivity contribution in [2.45, 2.75) is 44.8 Å². The number of alkyl halides is 3. The largest absolute Gasteiger partial charge is 0.490 e. The smallest absolute Gasteiger partial charge is 0.478 e. The number of nitrogens with zero attached hydrogens (tertiary/aromatic N) is 4. The van der Waals surface area contributed by atoms with Crippen molar-refractivity contribution in [3.63, 3.8) is 0 Å². The number of carboxylic acid groups (broad SMARTS) is 2. The number of likely N-dealkylation sites (N-methyl/N-ethyl adjacent to an activating group) is 1. The van der Waals surface area contributed by atoms with Gasteiger partial charge >= 0.3 is 18.1 Å². The Morgan fingerprint density at radius 2 is 1.77 bits per heavy atom. The molecule has 0 aliphatic heterocycles. The van der Waals surface area contributed by atoms with Gasteiger partial charge in [0.15, 0.2) is 0 Å². The van der Waals surface area contributed by atoms with E-state index in [4.69, 9.17) is 21.5 Å². The lowest BCUT2D eigenvalue weighted by Crippen LogP contribution is -2.24. The van der Waals surface area contributed by atoms with Crippen molar-refractivity contribution in [2.75, 3.05) is 23.2 Å². The van der Waals surface area contributed by atoms with Gasteiger partial charge in [0.05, 0.1) is 22.6 Å². The lowest BCUT2D eigenvalue weighted by molar-refractivity contribution is -0.192. The first-order valence-corrected chi connectivity index (χ1v) is 13.4. The molecule has 3 rings (SSSR count). The van der Waals surface area contributed by atoms with Gasteiger partial charge in [0.25, 0.3) is 10.0 Å². The van der Waals surface area contributed by atoms with Crippen molar-refractivity contribution >= 4 is 45.1 Å². The van der Waals surface area contributed by atoms with Crippen molar-refractivity contribution in [2.24, 2.45) is 0 Å². The number of aromatic nitrogens is 3. The van der Waals surface area contributed by atoms with E-state index in [-0.39, 0.29) is 27.0 Å². The summed E-state index contributed by atoms with van der Waals surface area (Å²) in [4.78, 5) is 26.7. The minimum Gasteiger partial charge on any atom is -0.478 e. The van der Waals surface area contributed by atoms with Gasteiger partial charge < -0.3 is 15.1 Å². The number of nitrogens with one attached hydrogen (secondary N) is 1. The molecule has 0 aliphatic carbocycles. The molecular weight excluding hydrogens is 579 g/mol. The molecule has 2 aromatic heterocycles. The van der Waals surface area contributed by atoms with Gasteiger partial charge in [0, 0.05) is 25.8 Å². The van der Waals surface area contributed by atoms with E-state index in [1.165, 1.54) is 24.4 Å². The molecule has 40 heavy (non-hydrogen) atoms. The second-order valence-corrected chi connectivity index (χ2v) is 10.4. The van der Waals surface area contributed by atoms with E-state index in [0.717, 1.165) is 23.5 Å². The van der Waals surface area contributed by atoms with E-state index in [1.54, 1.807) is 24.1 Å². The van der Waals surface area contributed by atoms with E-state index >= 15 is 0 Å². The molecule has 0 saturated carbocycles. The molecule has 0 fully saturated rings. The second kappa shape index (κ2) is 13.0. The number of hydrogen-bond acceptors (Lipinski definition) is 7. The summed E-state index contributed by atoms with van der Waals surface area (Å²) in [5.74, 6) is -3.73. The summed E-state index contributed by atoms with van der Waals surface area (Å²) in [6.45, 7) is 7.28. The Kier molecular flexibility index (Phi) is 10.5. The van der Waals surface area contributed by atoms with Crippen LogP contribution in [0.1, 0.15) is 34.2 Å². The zero-order valence-electron chi connectivity index (χ0n) is 21.8. The number of anilines is 2. The first-order chi connectivity index (χ1) is 18.5. The van der Waals surface area contributed by atoms with E-state index in [1.807, 2.05) is 25.5 Å². The highest BCUT2D eigenvalue weighted by molar-refractivity contribution is 7.92. The summed E-state index contributed by atoms with van der Waals surface area (Å²) < 4.78 is 61.4. The van der Waals surface area contributed by atoms with Gasteiger partial charge in [0.1, 0.15) is 16.3 Å². The normalized spacial score (nSPS) is 11.4. The quantitative estimate of drug-likeness (QED) is 0.322. The first-order valence-electron chi connectivity index (χ1n) is 11.5. The molecule has 3 N–H and O–H groups in total. The molecular formula is C24H27ClF3N5O6S. The Bertz CT molecular complexity index is 1490. The standard InChI is InChI=1S/C22H26ClN5O4S.C2HF3O2/c1-5-28-15(3)17(14(2)25-28)10-11-27(4)21-18(22(29)30)12-16(13-24-21)26-33(31,32)20-9-7-6-8-19(20)23;3-2(4,5)1(6)7/h6-9,12-13,26H,5,10-11H2,1-4H3,(H,29,30);(H,6,7). The maximum atomic E-state index is 12.7. The van der Waals surface area contributed by atoms with Crippen LogP contribution >= 0.6 is 11.6 Å². The van der Waals surface area contributed by atoms with Crippen LogP contribution in [0.5, 0.6) is 0 Å². The molecule has 1 aromatic carbocycles. The third-order valence-corrected chi connectivity index (χ3v) is 7.49. The first kappa shape index (κ1) is 32.4. The van der Waals surface area contributed by atoms with E-state index in [9.17, 15) is 31.5 Å². The van der Waals surface area contributed by atoms with Crippen LogP contribution in [0.2, 0.25) is 5.02 Å². The van der Waals surface area contributed by atoms with E-state index < -0.39 is 28.1 Å². The molecule has 0 radical (unpaired) electrons. The number of carboxylic acids is 2. The number of aromatic carboxylic acids is 1. The highest BCUT2D eigenvalue weighted by Crippen LogP contribution is 2.26. The van der Waals surface area contributed by atoms with Gasteiger partial charge in [-0.25, -0.2) is 23.0 Å². The van der Waals surface area contributed by atoms with Crippen molar-refractivity contribution in [3.05, 3.63) is 64.1 Å². The van der Waals surface area contributed by atoms with Crippen LogP contribution in [-0.2, 0) is 27.8 Å². The topological polar surface area (TPSA) is 155 Å². The molecule has 218 valence electrons. The van der Waals surface area contributed by atoms with Gasteiger partial charge in [-0.2, -0.15) is 18.3 Å². The van der Waals surface area contributed by atoms with Crippen LogP contribution < -0.4 is 9.62 Å². The van der Waals surface area contributed by atoms with Crippen LogP contribution in [0.3, 0.4) is 0 Å². The molecule has 2 heterocycles. The number of aryl methyl sites for hydroxylation is 2. The fourth-order valence-corrected chi connectivity index (χ4v) is 5.19. The highest BCUT2D eigenvalue weighted by Gasteiger charge is 2.38. The molecule has 0 unspecified atom stereocenters. The molecule has 11 nitrogen and oxygen atoms in total. The number of hydrogen-bond donors (Lipinski definition) is 3. The molecule has 0 saturated heterocycles. The van der Waals surface area contributed by atoms with Crippen molar-refractivity contribution in [1.82, 2.24) is 14.8 Å². The molecule has 0 atom stereocenters. The lowest BCUT2D eigenvalue weighted by atomic mass is 10.1. The van der Waals surface area contributed by atoms with Crippen LogP contribution in [0, 0.1) is 13.8 Å². The Balaban J connectivity index is 0.000000708. The number of rotatable bonds is 9. The highest BCUT2D eigenvalue weighted by atomic mass is 35.5. The molecule has 0 spiro atoms. The summed E-state index contributed by atoms with van der Waals surface area (Å²) in [6.07, 6.45) is -3.13. The van der Waals surface area contributed by atoms with Gasteiger partial charge in [-0.05, 0) is 51.0 Å². The average Bonchev–Trinajstić information content (AvgIpc) is 3.14. The van der Waals surface area contributed by atoms with Gasteiger partial charge in [-0.15, -0.1) is 0 Å². The zero-order chi connectivity index (χ0) is 30.4. The summed E-state index contributed by atoms with van der Waals surface area (Å²) in [7, 11) is -2.27. The van der Waals surface area contributed by atoms with Crippen LogP contribution in [0.25, 0.3) is 0 Å². The zero-order valence-corrected chi connectivity index (χ0v) is 23.4. The number of benzene rings is 1. The van der Waals surface area contributed by atoms with E-state index in [2.05, 4.69) is 14.8 Å². The number of aliphatic carboxylic acids is 1. The number of sulfonamides is 1. The van der Waals surface area contributed by atoms with Crippen molar-refractivity contribution < 1.29 is 41.4 Å². The molecule has 16 heteroatoms.